The molecule has 5 rings (SSSR count). The number of rotatable bonds is 9. The van der Waals surface area contributed by atoms with Gasteiger partial charge in [0.2, 0.25) is 5.95 Å². The molecule has 5 aromatic rings. The summed E-state index contributed by atoms with van der Waals surface area (Å²) in [7, 11) is 0. The zero-order chi connectivity index (χ0) is 25.6. The van der Waals surface area contributed by atoms with E-state index in [-0.39, 0.29) is 5.95 Å². The first-order valence-electron chi connectivity index (χ1n) is 11.9. The Morgan fingerprint density at radius 1 is 0.946 bits per heavy atom. The van der Waals surface area contributed by atoms with Crippen molar-refractivity contribution < 1.29 is 4.39 Å². The van der Waals surface area contributed by atoms with E-state index < -0.39 is 5.82 Å². The molecular formula is C27H26FN9. The van der Waals surface area contributed by atoms with Crippen molar-refractivity contribution in [2.45, 2.75) is 20.4 Å². The third kappa shape index (κ3) is 5.92. The maximum Gasteiger partial charge on any atom is 0.227 e. The smallest absolute Gasteiger partial charge is 0.227 e. The van der Waals surface area contributed by atoms with Crippen LogP contribution >= 0.6 is 0 Å². The van der Waals surface area contributed by atoms with Gasteiger partial charge in [0.05, 0.1) is 18.1 Å². The molecule has 186 valence electrons. The molecule has 0 saturated carbocycles. The Kier molecular flexibility index (Phi) is 7.07. The van der Waals surface area contributed by atoms with Gasteiger partial charge in [-0.2, -0.15) is 0 Å². The molecule has 0 saturated heterocycles. The molecule has 2 aromatic carbocycles. The molecule has 0 atom stereocenters. The first-order valence-corrected chi connectivity index (χ1v) is 11.9. The van der Waals surface area contributed by atoms with Crippen LogP contribution in [0.5, 0.6) is 0 Å². The van der Waals surface area contributed by atoms with Crippen LogP contribution in [0.25, 0.3) is 22.6 Å². The summed E-state index contributed by atoms with van der Waals surface area (Å²) in [5, 5.41) is 17.6. The molecular weight excluding hydrogens is 469 g/mol. The van der Waals surface area contributed by atoms with Gasteiger partial charge >= 0.3 is 0 Å². The fourth-order valence-electron chi connectivity index (χ4n) is 4.06. The van der Waals surface area contributed by atoms with Crippen molar-refractivity contribution in [3.8, 4) is 22.6 Å². The summed E-state index contributed by atoms with van der Waals surface area (Å²) in [6.45, 7) is 5.85. The molecule has 0 aliphatic heterocycles. The Bertz CT molecular complexity index is 1440. The normalized spacial score (nSPS) is 11.0. The third-order valence-electron chi connectivity index (χ3n) is 5.62. The minimum Gasteiger partial charge on any atom is -0.352 e. The molecule has 3 aromatic heterocycles. The van der Waals surface area contributed by atoms with E-state index in [0.29, 0.717) is 18.3 Å². The van der Waals surface area contributed by atoms with Gasteiger partial charge < -0.3 is 10.2 Å². The van der Waals surface area contributed by atoms with Crippen LogP contribution in [0.1, 0.15) is 19.4 Å². The van der Waals surface area contributed by atoms with Crippen molar-refractivity contribution in [2.75, 3.05) is 16.8 Å². The molecule has 0 radical (unpaired) electrons. The van der Waals surface area contributed by atoms with E-state index in [1.54, 1.807) is 0 Å². The number of tetrazole rings is 1. The summed E-state index contributed by atoms with van der Waals surface area (Å²) in [6, 6.07) is 22.0. The number of anilines is 3. The predicted octanol–water partition coefficient (Wildman–Crippen LogP) is 5.26. The number of benzene rings is 2. The van der Waals surface area contributed by atoms with E-state index in [1.807, 2.05) is 54.6 Å². The van der Waals surface area contributed by atoms with Gasteiger partial charge in [-0.3, -0.25) is 0 Å². The average molecular weight is 496 g/mol. The summed E-state index contributed by atoms with van der Waals surface area (Å²) in [5.41, 5.74) is 4.30. The van der Waals surface area contributed by atoms with Crippen LogP contribution in [0, 0.1) is 11.7 Å². The SMILES string of the molecule is CC(C)CN(Cc1ccccc1)c1cc(Nc2ncc(F)cn2)cc(-c2ccccc2-c2nnn[nH]2)n1. The van der Waals surface area contributed by atoms with Crippen LogP contribution < -0.4 is 10.2 Å². The lowest BCUT2D eigenvalue weighted by atomic mass is 10.0. The molecule has 9 nitrogen and oxygen atoms in total. The van der Waals surface area contributed by atoms with Gasteiger partial charge in [0.1, 0.15) is 5.82 Å². The van der Waals surface area contributed by atoms with Crippen molar-refractivity contribution in [2.24, 2.45) is 5.92 Å². The van der Waals surface area contributed by atoms with Gasteiger partial charge in [-0.15, -0.1) is 5.10 Å². The standard InChI is InChI=1S/C27H26FN9/c1-18(2)16-37(17-19-8-4-3-5-9-19)25-13-21(31-27-29-14-20(28)15-30-27)12-24(32-25)22-10-6-7-11-23(22)26-33-35-36-34-26/h3-15,18H,16-17H2,1-2H3,(H,29,30,31,32)(H,33,34,35,36). The summed E-state index contributed by atoms with van der Waals surface area (Å²) in [6.07, 6.45) is 2.26. The molecule has 0 aliphatic carbocycles. The molecule has 3 heterocycles. The summed E-state index contributed by atoms with van der Waals surface area (Å²) in [5.74, 6) is 1.52. The van der Waals surface area contributed by atoms with Crippen molar-refractivity contribution in [3.05, 3.63) is 90.5 Å². The molecule has 0 bridgehead atoms. The van der Waals surface area contributed by atoms with E-state index >= 15 is 0 Å². The van der Waals surface area contributed by atoms with Crippen molar-refractivity contribution in [3.63, 3.8) is 0 Å². The van der Waals surface area contributed by atoms with Crippen LogP contribution in [-0.2, 0) is 6.54 Å². The van der Waals surface area contributed by atoms with Gasteiger partial charge in [0.25, 0.3) is 0 Å². The molecule has 0 fully saturated rings. The van der Waals surface area contributed by atoms with Gasteiger partial charge in [-0.25, -0.2) is 24.4 Å². The number of nitrogens with zero attached hydrogens (tertiary/aromatic N) is 7. The fourth-order valence-corrected chi connectivity index (χ4v) is 4.06. The van der Waals surface area contributed by atoms with E-state index in [0.717, 1.165) is 47.3 Å². The molecule has 2 N–H and O–H groups in total. The van der Waals surface area contributed by atoms with Gasteiger partial charge in [0.15, 0.2) is 11.6 Å². The lowest BCUT2D eigenvalue weighted by Crippen LogP contribution is -2.28. The zero-order valence-electron chi connectivity index (χ0n) is 20.5. The maximum absolute atomic E-state index is 13.4. The highest BCUT2D eigenvalue weighted by atomic mass is 19.1. The second kappa shape index (κ2) is 10.9. The maximum atomic E-state index is 13.4. The largest absolute Gasteiger partial charge is 0.352 e. The molecule has 0 spiro atoms. The van der Waals surface area contributed by atoms with Crippen LogP contribution in [0.4, 0.5) is 21.8 Å². The van der Waals surface area contributed by atoms with Crippen LogP contribution in [0.15, 0.2) is 79.1 Å². The molecule has 37 heavy (non-hydrogen) atoms. The molecule has 10 heteroatoms. The van der Waals surface area contributed by atoms with Crippen LogP contribution in [0.3, 0.4) is 0 Å². The Morgan fingerprint density at radius 2 is 1.68 bits per heavy atom. The van der Waals surface area contributed by atoms with Crippen molar-refractivity contribution in [1.82, 2.24) is 35.6 Å². The number of halogens is 1. The number of hydrogen-bond donors (Lipinski definition) is 2. The van der Waals surface area contributed by atoms with Gasteiger partial charge in [-0.05, 0) is 28.0 Å². The van der Waals surface area contributed by atoms with Crippen molar-refractivity contribution in [1.29, 1.82) is 0 Å². The Hall–Kier alpha value is -4.73. The van der Waals surface area contributed by atoms with E-state index in [2.05, 4.69) is 66.8 Å². The monoisotopic (exact) mass is 495 g/mol. The van der Waals surface area contributed by atoms with Gasteiger partial charge in [-0.1, -0.05) is 68.4 Å². The summed E-state index contributed by atoms with van der Waals surface area (Å²) < 4.78 is 13.4. The first-order chi connectivity index (χ1) is 18.0. The second-order valence-corrected chi connectivity index (χ2v) is 9.00. The number of H-pyrrole nitrogens is 1. The average Bonchev–Trinajstić information content (AvgIpc) is 3.45. The van der Waals surface area contributed by atoms with Gasteiger partial charge in [0, 0.05) is 36.0 Å². The number of hydrogen-bond acceptors (Lipinski definition) is 8. The third-order valence-corrected chi connectivity index (χ3v) is 5.62. The highest BCUT2D eigenvalue weighted by molar-refractivity contribution is 5.81. The number of pyridine rings is 1. The zero-order valence-corrected chi connectivity index (χ0v) is 20.5. The van der Waals surface area contributed by atoms with Crippen LogP contribution in [0.2, 0.25) is 0 Å². The Morgan fingerprint density at radius 3 is 2.38 bits per heavy atom. The fraction of sp³-hybridized carbons (Fsp3) is 0.185. The molecule has 0 unspecified atom stereocenters. The quantitative estimate of drug-likeness (QED) is 0.285. The summed E-state index contributed by atoms with van der Waals surface area (Å²) in [4.78, 5) is 15.5. The predicted molar refractivity (Wildman–Crippen MR) is 140 cm³/mol. The lowest BCUT2D eigenvalue weighted by Gasteiger charge is -2.27. The summed E-state index contributed by atoms with van der Waals surface area (Å²) >= 11 is 0. The topological polar surface area (TPSA) is 108 Å². The van der Waals surface area contributed by atoms with E-state index in [9.17, 15) is 4.39 Å². The number of aromatic nitrogens is 7. The van der Waals surface area contributed by atoms with Crippen LogP contribution in [-0.4, -0.2) is 42.1 Å². The van der Waals surface area contributed by atoms with E-state index in [1.165, 1.54) is 5.56 Å². The minimum atomic E-state index is -0.498. The van der Waals surface area contributed by atoms with Crippen molar-refractivity contribution >= 4 is 17.5 Å². The highest BCUT2D eigenvalue weighted by Gasteiger charge is 2.17. The molecule has 0 aliphatic rings. The first kappa shape index (κ1) is 24.0. The second-order valence-electron chi connectivity index (χ2n) is 9.00. The lowest BCUT2D eigenvalue weighted by molar-refractivity contribution is 0.605. The number of nitrogens with one attached hydrogen (secondary N) is 2. The Balaban J connectivity index is 1.61. The highest BCUT2D eigenvalue weighted by Crippen LogP contribution is 2.33. The Labute approximate surface area is 213 Å². The number of aromatic amines is 1. The van der Waals surface area contributed by atoms with E-state index in [4.69, 9.17) is 4.98 Å². The molecule has 0 amide bonds. The minimum absolute atomic E-state index is 0.288.